The molecule has 0 aliphatic carbocycles. The van der Waals surface area contributed by atoms with Gasteiger partial charge >= 0.3 is 0 Å². The van der Waals surface area contributed by atoms with Gasteiger partial charge in [0.25, 0.3) is 0 Å². The lowest BCUT2D eigenvalue weighted by Crippen LogP contribution is -2.22. The third kappa shape index (κ3) is 2.35. The lowest BCUT2D eigenvalue weighted by molar-refractivity contribution is 0.503. The van der Waals surface area contributed by atoms with Crippen LogP contribution in [0.25, 0.3) is 10.1 Å². The summed E-state index contributed by atoms with van der Waals surface area (Å²) in [7, 11) is 2.02. The van der Waals surface area contributed by atoms with E-state index in [4.69, 9.17) is 0 Å². The van der Waals surface area contributed by atoms with Crippen LogP contribution in [-0.2, 0) is 0 Å². The van der Waals surface area contributed by atoms with Gasteiger partial charge in [-0.3, -0.25) is 4.98 Å². The van der Waals surface area contributed by atoms with E-state index >= 15 is 0 Å². The van der Waals surface area contributed by atoms with Gasteiger partial charge in [0, 0.05) is 28.6 Å². The number of benzene rings is 1. The van der Waals surface area contributed by atoms with Crippen LogP contribution < -0.4 is 5.32 Å². The Morgan fingerprint density at radius 1 is 1.10 bits per heavy atom. The number of likely N-dealkylation sites (N-methyl/N-ethyl adjacent to an activating group) is 1. The molecule has 2 atom stereocenters. The van der Waals surface area contributed by atoms with Crippen molar-refractivity contribution in [3.05, 3.63) is 65.3 Å². The Morgan fingerprint density at radius 3 is 2.65 bits per heavy atom. The van der Waals surface area contributed by atoms with Crippen LogP contribution in [0.2, 0.25) is 0 Å². The van der Waals surface area contributed by atoms with E-state index in [1.54, 1.807) is 0 Å². The second-order valence-corrected chi connectivity index (χ2v) is 5.91. The van der Waals surface area contributed by atoms with E-state index in [2.05, 4.69) is 59.0 Å². The van der Waals surface area contributed by atoms with E-state index in [1.807, 2.05) is 30.6 Å². The quantitative estimate of drug-likeness (QED) is 0.769. The molecule has 0 saturated carbocycles. The zero-order valence-corrected chi connectivity index (χ0v) is 12.5. The molecule has 0 radical (unpaired) electrons. The van der Waals surface area contributed by atoms with E-state index in [0.29, 0.717) is 5.92 Å². The molecule has 2 heterocycles. The smallest absolute Gasteiger partial charge is 0.0450 e. The lowest BCUT2D eigenvalue weighted by atomic mass is 9.91. The molecule has 3 heteroatoms. The van der Waals surface area contributed by atoms with Gasteiger partial charge in [-0.25, -0.2) is 0 Å². The van der Waals surface area contributed by atoms with Crippen molar-refractivity contribution in [2.45, 2.75) is 18.9 Å². The van der Waals surface area contributed by atoms with Crippen LogP contribution in [0.15, 0.2) is 54.0 Å². The van der Waals surface area contributed by atoms with Gasteiger partial charge in [0.05, 0.1) is 0 Å². The highest BCUT2D eigenvalue weighted by Crippen LogP contribution is 2.36. The van der Waals surface area contributed by atoms with Gasteiger partial charge in [-0.05, 0) is 41.6 Å². The van der Waals surface area contributed by atoms with Crippen LogP contribution >= 0.6 is 11.3 Å². The summed E-state index contributed by atoms with van der Waals surface area (Å²) >= 11 is 1.81. The summed E-state index contributed by atoms with van der Waals surface area (Å²) < 4.78 is 1.34. The average molecular weight is 282 g/mol. The molecule has 2 aromatic heterocycles. The fourth-order valence-electron chi connectivity index (χ4n) is 2.73. The maximum absolute atomic E-state index is 4.50. The van der Waals surface area contributed by atoms with E-state index in [-0.39, 0.29) is 6.04 Å². The van der Waals surface area contributed by atoms with Crippen molar-refractivity contribution in [1.29, 1.82) is 0 Å². The minimum absolute atomic E-state index is 0.279. The summed E-state index contributed by atoms with van der Waals surface area (Å²) in [6.45, 7) is 2.23. The number of thiophene rings is 1. The molecule has 3 aromatic rings. The Balaban J connectivity index is 2.01. The van der Waals surface area contributed by atoms with Crippen molar-refractivity contribution in [3.8, 4) is 0 Å². The molecule has 20 heavy (non-hydrogen) atoms. The van der Waals surface area contributed by atoms with Gasteiger partial charge in [0.15, 0.2) is 0 Å². The van der Waals surface area contributed by atoms with E-state index in [0.717, 1.165) is 5.69 Å². The fourth-order valence-corrected chi connectivity index (χ4v) is 3.73. The minimum atomic E-state index is 0.279. The Kier molecular flexibility index (Phi) is 3.81. The standard InChI is InChI=1S/C17H18N2S/c1-12(15-8-5-6-10-19-15)17(18-2)14-11-20-16-9-4-3-7-13(14)16/h3-12,17-18H,1-2H3. The summed E-state index contributed by atoms with van der Waals surface area (Å²) in [5.41, 5.74) is 2.49. The Bertz CT molecular complexity index is 690. The van der Waals surface area contributed by atoms with Gasteiger partial charge in [0.1, 0.15) is 0 Å². The first-order valence-corrected chi connectivity index (χ1v) is 7.73. The number of nitrogens with zero attached hydrogens (tertiary/aromatic N) is 1. The van der Waals surface area contributed by atoms with Crippen molar-refractivity contribution in [1.82, 2.24) is 10.3 Å². The molecule has 0 aliphatic rings. The van der Waals surface area contributed by atoms with E-state index in [1.165, 1.54) is 15.6 Å². The summed E-state index contributed by atoms with van der Waals surface area (Å²) in [4.78, 5) is 4.50. The number of fused-ring (bicyclic) bond motifs is 1. The zero-order chi connectivity index (χ0) is 13.9. The van der Waals surface area contributed by atoms with E-state index in [9.17, 15) is 0 Å². The summed E-state index contributed by atoms with van der Waals surface area (Å²) in [5.74, 6) is 0.333. The van der Waals surface area contributed by atoms with Crippen LogP contribution in [-0.4, -0.2) is 12.0 Å². The van der Waals surface area contributed by atoms with Crippen LogP contribution in [0.3, 0.4) is 0 Å². The normalized spacial score (nSPS) is 14.3. The highest BCUT2D eigenvalue weighted by Gasteiger charge is 2.22. The van der Waals surface area contributed by atoms with Crippen LogP contribution in [0, 0.1) is 0 Å². The monoisotopic (exact) mass is 282 g/mol. The molecule has 0 amide bonds. The van der Waals surface area contributed by atoms with Gasteiger partial charge in [-0.15, -0.1) is 11.3 Å². The van der Waals surface area contributed by atoms with Crippen molar-refractivity contribution in [2.75, 3.05) is 7.05 Å². The summed E-state index contributed by atoms with van der Waals surface area (Å²) in [6.07, 6.45) is 1.87. The number of rotatable bonds is 4. The van der Waals surface area contributed by atoms with Gasteiger partial charge in [-0.2, -0.15) is 0 Å². The van der Waals surface area contributed by atoms with E-state index < -0.39 is 0 Å². The topological polar surface area (TPSA) is 24.9 Å². The number of hydrogen-bond acceptors (Lipinski definition) is 3. The summed E-state index contributed by atoms with van der Waals surface area (Å²) in [5, 5.41) is 7.08. The SMILES string of the molecule is CNC(c1csc2ccccc12)C(C)c1ccccn1. The average Bonchev–Trinajstić information content (AvgIpc) is 2.93. The molecule has 0 bridgehead atoms. The molecule has 0 spiro atoms. The van der Waals surface area contributed by atoms with Gasteiger partial charge < -0.3 is 5.32 Å². The van der Waals surface area contributed by atoms with Crippen LogP contribution in [0.5, 0.6) is 0 Å². The first-order chi connectivity index (χ1) is 9.81. The molecular formula is C17H18N2S. The molecule has 3 rings (SSSR count). The predicted octanol–water partition coefficient (Wildman–Crippen LogP) is 4.36. The van der Waals surface area contributed by atoms with Gasteiger partial charge in [0.2, 0.25) is 0 Å². The van der Waals surface area contributed by atoms with Crippen molar-refractivity contribution in [3.63, 3.8) is 0 Å². The molecule has 0 aliphatic heterocycles. The number of aromatic nitrogens is 1. The largest absolute Gasteiger partial charge is 0.312 e. The van der Waals surface area contributed by atoms with Crippen molar-refractivity contribution >= 4 is 21.4 Å². The fraction of sp³-hybridized carbons (Fsp3) is 0.235. The molecule has 1 aromatic carbocycles. The first kappa shape index (κ1) is 13.3. The second-order valence-electron chi connectivity index (χ2n) is 5.00. The molecule has 0 saturated heterocycles. The van der Waals surface area contributed by atoms with Crippen LogP contribution in [0.4, 0.5) is 0 Å². The second kappa shape index (κ2) is 5.73. The summed E-state index contributed by atoms with van der Waals surface area (Å²) in [6, 6.07) is 15.0. The number of pyridine rings is 1. The van der Waals surface area contributed by atoms with Crippen LogP contribution in [0.1, 0.15) is 30.1 Å². The third-order valence-electron chi connectivity index (χ3n) is 3.81. The highest BCUT2D eigenvalue weighted by atomic mass is 32.1. The number of nitrogens with one attached hydrogen (secondary N) is 1. The maximum atomic E-state index is 4.50. The minimum Gasteiger partial charge on any atom is -0.312 e. The molecule has 2 nitrogen and oxygen atoms in total. The Hall–Kier alpha value is -1.71. The molecule has 102 valence electrons. The Labute approximate surface area is 123 Å². The third-order valence-corrected chi connectivity index (χ3v) is 4.79. The van der Waals surface area contributed by atoms with Crippen molar-refractivity contribution in [2.24, 2.45) is 0 Å². The molecular weight excluding hydrogens is 264 g/mol. The first-order valence-electron chi connectivity index (χ1n) is 6.85. The lowest BCUT2D eigenvalue weighted by Gasteiger charge is -2.23. The highest BCUT2D eigenvalue weighted by molar-refractivity contribution is 7.17. The Morgan fingerprint density at radius 2 is 1.90 bits per heavy atom. The molecule has 0 fully saturated rings. The maximum Gasteiger partial charge on any atom is 0.0450 e. The predicted molar refractivity (Wildman–Crippen MR) is 86.3 cm³/mol. The zero-order valence-electron chi connectivity index (χ0n) is 11.7. The molecule has 1 N–H and O–H groups in total. The number of hydrogen-bond donors (Lipinski definition) is 1. The van der Waals surface area contributed by atoms with Gasteiger partial charge in [-0.1, -0.05) is 31.2 Å². The molecule has 2 unspecified atom stereocenters. The van der Waals surface area contributed by atoms with Crippen molar-refractivity contribution < 1.29 is 0 Å².